The van der Waals surface area contributed by atoms with Gasteiger partial charge in [0.15, 0.2) is 5.82 Å². The molecular weight excluding hydrogens is 360 g/mol. The maximum atomic E-state index is 9.83. The van der Waals surface area contributed by atoms with E-state index in [1.54, 1.807) is 15.9 Å². The van der Waals surface area contributed by atoms with Crippen LogP contribution in [0, 0.1) is 0 Å². The Morgan fingerprint density at radius 3 is 2.67 bits per heavy atom. The Morgan fingerprint density at radius 2 is 1.85 bits per heavy atom. The van der Waals surface area contributed by atoms with Crippen molar-refractivity contribution < 1.29 is 10.2 Å². The molecule has 0 fully saturated rings. The molecule has 1 aromatic carbocycles. The molecule has 5 rings (SSSR count). The van der Waals surface area contributed by atoms with Crippen LogP contribution >= 0.6 is 11.3 Å². The van der Waals surface area contributed by atoms with Crippen LogP contribution in [0.25, 0.3) is 39.3 Å². The van der Waals surface area contributed by atoms with Crippen molar-refractivity contribution in [1.82, 2.24) is 18.9 Å². The molecule has 0 spiro atoms. The van der Waals surface area contributed by atoms with Gasteiger partial charge in [-0.1, -0.05) is 12.1 Å². The van der Waals surface area contributed by atoms with Gasteiger partial charge in [-0.05, 0) is 46.8 Å². The lowest BCUT2D eigenvalue weighted by Gasteiger charge is -2.02. The van der Waals surface area contributed by atoms with Crippen molar-refractivity contribution in [1.29, 1.82) is 0 Å². The summed E-state index contributed by atoms with van der Waals surface area (Å²) in [5.41, 5.74) is 5.35. The molecule has 0 saturated carbocycles. The van der Waals surface area contributed by atoms with E-state index in [4.69, 9.17) is 0 Å². The number of rotatable bonds is 4. The summed E-state index contributed by atoms with van der Waals surface area (Å²) in [4.78, 5) is 10.3. The number of thiophene rings is 1. The molecule has 4 heterocycles. The van der Waals surface area contributed by atoms with Gasteiger partial charge in [0, 0.05) is 17.3 Å². The van der Waals surface area contributed by atoms with Crippen LogP contribution in [0.2, 0.25) is 0 Å². The molecule has 0 saturated heterocycles. The van der Waals surface area contributed by atoms with Gasteiger partial charge in [0.2, 0.25) is 0 Å². The lowest BCUT2D eigenvalue weighted by atomic mass is 10.1. The highest BCUT2D eigenvalue weighted by molar-refractivity contribution is 7.10. The maximum Gasteiger partial charge on any atom is 0.163 e. The lowest BCUT2D eigenvalue weighted by molar-refractivity contribution is 0.216. The number of fused-ring (bicyclic) bond motifs is 2. The van der Waals surface area contributed by atoms with Crippen LogP contribution in [0.4, 0.5) is 0 Å². The van der Waals surface area contributed by atoms with Crippen LogP contribution in [0.5, 0.6) is 0 Å². The third-order valence-electron chi connectivity index (χ3n) is 4.62. The number of aliphatic hydroxyl groups is 2. The average Bonchev–Trinajstić information content (AvgIpc) is 3.42. The minimum atomic E-state index is -0.159. The first kappa shape index (κ1) is 16.2. The van der Waals surface area contributed by atoms with Gasteiger partial charge in [0.1, 0.15) is 18.1 Å². The van der Waals surface area contributed by atoms with Crippen molar-refractivity contribution in [3.8, 4) is 22.6 Å². The monoisotopic (exact) mass is 376 g/mol. The van der Waals surface area contributed by atoms with E-state index in [2.05, 4.69) is 9.97 Å². The third kappa shape index (κ3) is 2.64. The van der Waals surface area contributed by atoms with Gasteiger partial charge in [-0.15, -0.1) is 11.3 Å². The number of hydrogen-bond acceptors (Lipinski definition) is 5. The molecule has 0 bridgehead atoms. The Hall–Kier alpha value is -3.00. The van der Waals surface area contributed by atoms with Crippen LogP contribution in [0.1, 0.15) is 4.88 Å². The van der Waals surface area contributed by atoms with E-state index < -0.39 is 0 Å². The summed E-state index contributed by atoms with van der Waals surface area (Å²) >= 11 is 1.54. The van der Waals surface area contributed by atoms with Gasteiger partial charge in [0.25, 0.3) is 0 Å². The van der Waals surface area contributed by atoms with E-state index >= 15 is 0 Å². The van der Waals surface area contributed by atoms with E-state index in [0.717, 1.165) is 32.7 Å². The molecule has 4 aromatic heterocycles. The largest absolute Gasteiger partial charge is 0.391 e. The predicted molar refractivity (Wildman–Crippen MR) is 105 cm³/mol. The highest BCUT2D eigenvalue weighted by atomic mass is 32.1. The summed E-state index contributed by atoms with van der Waals surface area (Å²) in [6.45, 7) is -0.104. The summed E-state index contributed by atoms with van der Waals surface area (Å²) < 4.78 is 3.71. The minimum Gasteiger partial charge on any atom is -0.391 e. The molecule has 0 aliphatic heterocycles. The van der Waals surface area contributed by atoms with Gasteiger partial charge in [0.05, 0.1) is 17.6 Å². The molecular formula is C20H16N4O2S. The molecule has 0 aliphatic rings. The molecule has 0 atom stereocenters. The fourth-order valence-corrected chi connectivity index (χ4v) is 4.05. The number of aromatic nitrogens is 4. The predicted octanol–water partition coefficient (Wildman–Crippen LogP) is 3.52. The van der Waals surface area contributed by atoms with E-state index in [9.17, 15) is 10.2 Å². The van der Waals surface area contributed by atoms with Crippen molar-refractivity contribution in [2.75, 3.05) is 0 Å². The van der Waals surface area contributed by atoms with Gasteiger partial charge < -0.3 is 14.6 Å². The Kier molecular flexibility index (Phi) is 3.78. The molecule has 0 aliphatic carbocycles. The van der Waals surface area contributed by atoms with E-state index in [0.29, 0.717) is 11.5 Å². The number of para-hydroxylation sites is 2. The second-order valence-electron chi connectivity index (χ2n) is 6.26. The van der Waals surface area contributed by atoms with Crippen LogP contribution in [0.3, 0.4) is 0 Å². The Balaban J connectivity index is 1.63. The zero-order valence-corrected chi connectivity index (χ0v) is 15.1. The van der Waals surface area contributed by atoms with Crippen molar-refractivity contribution in [3.63, 3.8) is 0 Å². The van der Waals surface area contributed by atoms with Gasteiger partial charge in [-0.25, -0.2) is 9.97 Å². The first-order valence-electron chi connectivity index (χ1n) is 8.51. The zero-order valence-electron chi connectivity index (χ0n) is 14.3. The summed E-state index contributed by atoms with van der Waals surface area (Å²) in [7, 11) is 0. The standard InChI is InChI=1S/C20H16N4O2S/c25-10-15-7-14(11-27-15)13-5-6-19-21-17(9-23(19)8-13)20-22-16-3-1-2-4-18(16)24(20)12-26/h1-9,11,25-26H,10,12H2. The third-order valence-corrected chi connectivity index (χ3v) is 5.54. The van der Waals surface area contributed by atoms with Crippen molar-refractivity contribution in [2.45, 2.75) is 13.3 Å². The van der Waals surface area contributed by atoms with Gasteiger partial charge in [-0.3, -0.25) is 4.57 Å². The molecule has 27 heavy (non-hydrogen) atoms. The summed E-state index contributed by atoms with van der Waals surface area (Å²) in [5, 5.41) is 21.1. The van der Waals surface area contributed by atoms with Crippen LogP contribution in [-0.2, 0) is 13.3 Å². The van der Waals surface area contributed by atoms with Crippen molar-refractivity contribution >= 4 is 28.0 Å². The zero-order chi connectivity index (χ0) is 18.4. The van der Waals surface area contributed by atoms with E-state index in [-0.39, 0.29) is 13.3 Å². The number of imidazole rings is 2. The topological polar surface area (TPSA) is 75.6 Å². The second kappa shape index (κ2) is 6.31. The molecule has 0 unspecified atom stereocenters. The molecule has 134 valence electrons. The molecule has 6 nitrogen and oxygen atoms in total. The molecule has 0 amide bonds. The maximum absolute atomic E-state index is 9.83. The van der Waals surface area contributed by atoms with Crippen LogP contribution in [0.15, 0.2) is 60.2 Å². The van der Waals surface area contributed by atoms with Crippen molar-refractivity contribution in [2.24, 2.45) is 0 Å². The Labute approximate surface area is 158 Å². The number of aliphatic hydroxyl groups excluding tert-OH is 2. The summed E-state index contributed by atoms with van der Waals surface area (Å²) in [5.74, 6) is 0.641. The number of pyridine rings is 1. The SMILES string of the molecule is OCc1cc(-c2ccc3nc(-c4nc5ccccc5n4CO)cn3c2)cs1. The number of nitrogens with zero attached hydrogens (tertiary/aromatic N) is 4. The quantitative estimate of drug-likeness (QED) is 0.503. The lowest BCUT2D eigenvalue weighted by Crippen LogP contribution is -1.99. The second-order valence-corrected chi connectivity index (χ2v) is 7.26. The minimum absolute atomic E-state index is 0.0551. The number of hydrogen-bond donors (Lipinski definition) is 2. The van der Waals surface area contributed by atoms with Gasteiger partial charge in [-0.2, -0.15) is 0 Å². The average molecular weight is 376 g/mol. The number of benzene rings is 1. The first-order valence-corrected chi connectivity index (χ1v) is 9.38. The molecule has 7 heteroatoms. The first-order chi connectivity index (χ1) is 13.3. The molecule has 2 N–H and O–H groups in total. The normalized spacial score (nSPS) is 11.6. The smallest absolute Gasteiger partial charge is 0.163 e. The van der Waals surface area contributed by atoms with Crippen LogP contribution < -0.4 is 0 Å². The molecule has 5 aromatic rings. The van der Waals surface area contributed by atoms with E-state index in [1.165, 1.54) is 0 Å². The van der Waals surface area contributed by atoms with Crippen molar-refractivity contribution in [3.05, 3.63) is 65.1 Å². The van der Waals surface area contributed by atoms with E-state index in [1.807, 2.05) is 64.6 Å². The fourth-order valence-electron chi connectivity index (χ4n) is 3.30. The Morgan fingerprint density at radius 1 is 0.963 bits per heavy atom. The Bertz CT molecular complexity index is 1270. The summed E-state index contributed by atoms with van der Waals surface area (Å²) in [6.07, 6.45) is 3.94. The van der Waals surface area contributed by atoms with Gasteiger partial charge >= 0.3 is 0 Å². The highest BCUT2D eigenvalue weighted by Crippen LogP contribution is 2.28. The van der Waals surface area contributed by atoms with Crippen LogP contribution in [-0.4, -0.2) is 29.1 Å². The molecule has 0 radical (unpaired) electrons. The summed E-state index contributed by atoms with van der Waals surface area (Å²) in [6, 6.07) is 13.7. The highest BCUT2D eigenvalue weighted by Gasteiger charge is 2.15. The fraction of sp³-hybridized carbons (Fsp3) is 0.100.